The number of thiophene rings is 1. The Balaban J connectivity index is 1.53. The van der Waals surface area contributed by atoms with Crippen molar-refractivity contribution in [3.63, 3.8) is 0 Å². The van der Waals surface area contributed by atoms with Crippen LogP contribution in [0.5, 0.6) is 0 Å². The third-order valence-corrected chi connectivity index (χ3v) is 6.23. The summed E-state index contributed by atoms with van der Waals surface area (Å²) in [7, 11) is 0. The fourth-order valence-corrected chi connectivity index (χ4v) is 4.83. The highest BCUT2D eigenvalue weighted by Crippen LogP contribution is 2.32. The lowest BCUT2D eigenvalue weighted by Gasteiger charge is -2.27. The van der Waals surface area contributed by atoms with E-state index in [1.807, 2.05) is 12.1 Å². The number of nitrogens with zero attached hydrogens (tertiary/aromatic N) is 4. The van der Waals surface area contributed by atoms with Gasteiger partial charge in [0.05, 0.1) is 37.8 Å². The van der Waals surface area contributed by atoms with Crippen LogP contribution in [0.25, 0.3) is 10.2 Å². The predicted octanol–water partition coefficient (Wildman–Crippen LogP) is 2.13. The molecule has 9 heteroatoms. The quantitative estimate of drug-likeness (QED) is 0.561. The lowest BCUT2D eigenvalue weighted by Crippen LogP contribution is -2.35. The number of carbonyl (C=O) groups is 2. The van der Waals surface area contributed by atoms with E-state index in [1.165, 1.54) is 11.3 Å². The van der Waals surface area contributed by atoms with Crippen LogP contribution in [0, 0.1) is 0 Å². The maximum absolute atomic E-state index is 13.1. The molecule has 0 N–H and O–H groups in total. The van der Waals surface area contributed by atoms with Gasteiger partial charge in [-0.1, -0.05) is 6.07 Å². The van der Waals surface area contributed by atoms with Gasteiger partial charge < -0.3 is 9.64 Å². The van der Waals surface area contributed by atoms with E-state index in [-0.39, 0.29) is 30.3 Å². The first kappa shape index (κ1) is 20.2. The Bertz CT molecular complexity index is 1140. The standard InChI is InChI=1S/C21H22N4O4S/c1-2-29-18(27)6-5-17(26)24-9-7-15-16(12-24)30-20-19(15)21(28)25(13-23-20)11-14-4-3-8-22-10-14/h3-4,8,10,13H,2,5-7,9,11-12H2,1H3. The Morgan fingerprint density at radius 1 is 1.30 bits per heavy atom. The van der Waals surface area contributed by atoms with Gasteiger partial charge in [-0.3, -0.25) is 23.9 Å². The summed E-state index contributed by atoms with van der Waals surface area (Å²) < 4.78 is 6.49. The number of esters is 1. The second-order valence-corrected chi connectivity index (χ2v) is 8.18. The zero-order valence-corrected chi connectivity index (χ0v) is 17.5. The van der Waals surface area contributed by atoms with Crippen molar-refractivity contribution in [2.24, 2.45) is 0 Å². The molecule has 8 nitrogen and oxygen atoms in total. The van der Waals surface area contributed by atoms with Gasteiger partial charge in [-0.05, 0) is 30.5 Å². The number of hydrogen-bond donors (Lipinski definition) is 0. The molecule has 0 aromatic carbocycles. The van der Waals surface area contributed by atoms with Crippen molar-refractivity contribution >= 4 is 33.4 Å². The van der Waals surface area contributed by atoms with E-state index < -0.39 is 0 Å². The molecule has 4 heterocycles. The molecule has 1 aliphatic heterocycles. The van der Waals surface area contributed by atoms with Crippen molar-refractivity contribution < 1.29 is 14.3 Å². The van der Waals surface area contributed by atoms with E-state index in [9.17, 15) is 14.4 Å². The van der Waals surface area contributed by atoms with Gasteiger partial charge in [-0.2, -0.15) is 0 Å². The number of amides is 1. The minimum atomic E-state index is -0.358. The summed E-state index contributed by atoms with van der Waals surface area (Å²) in [5.74, 6) is -0.433. The monoisotopic (exact) mass is 426 g/mol. The van der Waals surface area contributed by atoms with E-state index >= 15 is 0 Å². The number of carbonyl (C=O) groups excluding carboxylic acids is 2. The maximum atomic E-state index is 13.1. The van der Waals surface area contributed by atoms with Crippen molar-refractivity contribution in [2.45, 2.75) is 39.3 Å². The molecule has 0 unspecified atom stereocenters. The Labute approximate surface area is 177 Å². The highest BCUT2D eigenvalue weighted by Gasteiger charge is 2.26. The van der Waals surface area contributed by atoms with E-state index in [0.29, 0.717) is 42.9 Å². The van der Waals surface area contributed by atoms with Crippen LogP contribution in [-0.2, 0) is 33.8 Å². The minimum Gasteiger partial charge on any atom is -0.466 e. The molecular weight excluding hydrogens is 404 g/mol. The van der Waals surface area contributed by atoms with Crippen LogP contribution in [0.1, 0.15) is 35.8 Å². The molecular formula is C21H22N4O4S. The van der Waals surface area contributed by atoms with Gasteiger partial charge in [0.2, 0.25) is 5.91 Å². The van der Waals surface area contributed by atoms with Gasteiger partial charge in [0.15, 0.2) is 0 Å². The Morgan fingerprint density at radius 2 is 2.17 bits per heavy atom. The van der Waals surface area contributed by atoms with Crippen molar-refractivity contribution in [1.82, 2.24) is 19.4 Å². The number of fused-ring (bicyclic) bond motifs is 3. The SMILES string of the molecule is CCOC(=O)CCC(=O)N1CCc2c(sc3ncn(Cc4cccnc4)c(=O)c23)C1. The number of rotatable bonds is 6. The molecule has 1 amide bonds. The second kappa shape index (κ2) is 8.74. The molecule has 0 radical (unpaired) electrons. The summed E-state index contributed by atoms with van der Waals surface area (Å²) in [5, 5.41) is 0.653. The summed E-state index contributed by atoms with van der Waals surface area (Å²) in [6.07, 6.45) is 5.83. The Morgan fingerprint density at radius 3 is 2.93 bits per heavy atom. The van der Waals surface area contributed by atoms with Gasteiger partial charge in [-0.25, -0.2) is 4.98 Å². The normalized spacial score (nSPS) is 13.3. The predicted molar refractivity (Wildman–Crippen MR) is 112 cm³/mol. The molecule has 0 saturated carbocycles. The number of hydrogen-bond acceptors (Lipinski definition) is 7. The van der Waals surface area contributed by atoms with Crippen LogP contribution < -0.4 is 5.56 Å². The zero-order chi connectivity index (χ0) is 21.1. The molecule has 1 aliphatic rings. The van der Waals surface area contributed by atoms with Crippen LogP contribution in [-0.4, -0.2) is 44.5 Å². The molecule has 3 aromatic rings. The fraction of sp³-hybridized carbons (Fsp3) is 0.381. The Hall–Kier alpha value is -3.07. The fourth-order valence-electron chi connectivity index (χ4n) is 3.63. The summed E-state index contributed by atoms with van der Waals surface area (Å²) in [4.78, 5) is 49.1. The third-order valence-electron chi connectivity index (χ3n) is 5.10. The topological polar surface area (TPSA) is 94.4 Å². The molecule has 156 valence electrons. The maximum Gasteiger partial charge on any atom is 0.306 e. The largest absolute Gasteiger partial charge is 0.466 e. The highest BCUT2D eigenvalue weighted by molar-refractivity contribution is 7.18. The van der Waals surface area contributed by atoms with E-state index in [0.717, 1.165) is 16.0 Å². The second-order valence-electron chi connectivity index (χ2n) is 7.09. The van der Waals surface area contributed by atoms with Gasteiger partial charge in [0, 0.05) is 30.2 Å². The highest BCUT2D eigenvalue weighted by atomic mass is 32.1. The summed E-state index contributed by atoms with van der Waals surface area (Å²) in [6.45, 7) is 3.44. The molecule has 0 aliphatic carbocycles. The number of aromatic nitrogens is 3. The molecule has 0 bridgehead atoms. The molecule has 0 saturated heterocycles. The van der Waals surface area contributed by atoms with Crippen LogP contribution >= 0.6 is 11.3 Å². The van der Waals surface area contributed by atoms with Gasteiger partial charge in [0.25, 0.3) is 5.56 Å². The van der Waals surface area contributed by atoms with Crippen LogP contribution in [0.4, 0.5) is 0 Å². The molecule has 0 spiro atoms. The van der Waals surface area contributed by atoms with Crippen LogP contribution in [0.15, 0.2) is 35.6 Å². The molecule has 4 rings (SSSR count). The summed E-state index contributed by atoms with van der Waals surface area (Å²) in [6, 6.07) is 3.76. The number of ether oxygens (including phenoxy) is 1. The van der Waals surface area contributed by atoms with Crippen molar-refractivity contribution in [3.05, 3.63) is 57.2 Å². The Kier molecular flexibility index (Phi) is 5.89. The first-order chi connectivity index (χ1) is 14.6. The molecule has 30 heavy (non-hydrogen) atoms. The number of pyridine rings is 1. The zero-order valence-electron chi connectivity index (χ0n) is 16.7. The molecule has 0 fully saturated rings. The summed E-state index contributed by atoms with van der Waals surface area (Å²) >= 11 is 1.46. The van der Waals surface area contributed by atoms with Crippen molar-refractivity contribution in [2.75, 3.05) is 13.2 Å². The average molecular weight is 426 g/mol. The minimum absolute atomic E-state index is 0.0663. The lowest BCUT2D eigenvalue weighted by atomic mass is 10.0. The van der Waals surface area contributed by atoms with E-state index in [4.69, 9.17) is 4.74 Å². The van der Waals surface area contributed by atoms with Crippen LogP contribution in [0.2, 0.25) is 0 Å². The van der Waals surface area contributed by atoms with Crippen molar-refractivity contribution in [1.29, 1.82) is 0 Å². The molecule has 0 atom stereocenters. The van der Waals surface area contributed by atoms with E-state index in [2.05, 4.69) is 9.97 Å². The van der Waals surface area contributed by atoms with Gasteiger partial charge in [-0.15, -0.1) is 11.3 Å². The molecule has 3 aromatic heterocycles. The van der Waals surface area contributed by atoms with Crippen LogP contribution in [0.3, 0.4) is 0 Å². The van der Waals surface area contributed by atoms with Gasteiger partial charge in [0.1, 0.15) is 4.83 Å². The van der Waals surface area contributed by atoms with Gasteiger partial charge >= 0.3 is 5.97 Å². The first-order valence-corrected chi connectivity index (χ1v) is 10.7. The smallest absolute Gasteiger partial charge is 0.306 e. The third kappa shape index (κ3) is 4.11. The summed E-state index contributed by atoms with van der Waals surface area (Å²) in [5.41, 5.74) is 1.86. The first-order valence-electron chi connectivity index (χ1n) is 9.88. The van der Waals surface area contributed by atoms with E-state index in [1.54, 1.807) is 35.1 Å². The lowest BCUT2D eigenvalue weighted by molar-refractivity contribution is -0.145. The van der Waals surface area contributed by atoms with Crippen molar-refractivity contribution in [3.8, 4) is 0 Å². The average Bonchev–Trinajstić information content (AvgIpc) is 3.13.